The van der Waals surface area contributed by atoms with E-state index >= 15 is 0 Å². The molecule has 0 atom stereocenters. The predicted octanol–water partition coefficient (Wildman–Crippen LogP) is 7.48. The van der Waals surface area contributed by atoms with Crippen molar-refractivity contribution in [2.24, 2.45) is 20.5 Å². The predicted molar refractivity (Wildman–Crippen MR) is 210 cm³/mol. The van der Waals surface area contributed by atoms with E-state index in [-0.39, 0.29) is 82.4 Å². The number of carbonyl (C=O) groups is 1. The van der Waals surface area contributed by atoms with E-state index < -0.39 is 46.9 Å². The van der Waals surface area contributed by atoms with Gasteiger partial charge in [0.1, 0.15) is 32.6 Å². The number of sulfone groups is 1. The lowest BCUT2D eigenvalue weighted by atomic mass is 10.1. The standard InChI is InChI=1S/C36H37N5O13S3/c1-2-16-55(46,47)17-4-6-33(43)37-31-21-26(56(48,49)50)20-24-9-14-30(36(45)34(24)31)40-38-25-10-11-27-23(19-25)8-13-29(35(27)44)41-39-28-12-7-22(18-32(28)42)5-3-15-54-57(51,52)53/h7-14,18-21,42,44-45H,2-6,15-17H2,1H3,(H,37,43)(H,48,49,50)(H,51,52,53). The molecule has 0 unspecified atom stereocenters. The van der Waals surface area contributed by atoms with Crippen LogP contribution in [-0.2, 0) is 45.8 Å². The number of nitrogens with zero attached hydrogens (tertiary/aromatic N) is 4. The van der Waals surface area contributed by atoms with Crippen molar-refractivity contribution in [1.29, 1.82) is 0 Å². The number of phenolic OH excluding ortho intramolecular Hbond substituents is 3. The number of rotatable bonds is 17. The van der Waals surface area contributed by atoms with Gasteiger partial charge >= 0.3 is 10.4 Å². The minimum atomic E-state index is -4.73. The molecule has 0 aliphatic carbocycles. The molecule has 21 heteroatoms. The van der Waals surface area contributed by atoms with Crippen LogP contribution in [0.3, 0.4) is 0 Å². The second-order valence-electron chi connectivity index (χ2n) is 12.7. The Hall–Kier alpha value is -5.58. The molecule has 5 aromatic carbocycles. The van der Waals surface area contributed by atoms with Crippen LogP contribution in [0.5, 0.6) is 17.2 Å². The highest BCUT2D eigenvalue weighted by Gasteiger charge is 2.20. The Kier molecular flexibility index (Phi) is 13.2. The Labute approximate surface area is 327 Å². The van der Waals surface area contributed by atoms with Crippen molar-refractivity contribution in [2.45, 2.75) is 43.9 Å². The maximum absolute atomic E-state index is 12.8. The smallest absolute Gasteiger partial charge is 0.397 e. The van der Waals surface area contributed by atoms with Crippen LogP contribution in [0.25, 0.3) is 21.5 Å². The van der Waals surface area contributed by atoms with Gasteiger partial charge in [-0.25, -0.2) is 12.6 Å². The van der Waals surface area contributed by atoms with Crippen LogP contribution >= 0.6 is 0 Å². The Balaban J connectivity index is 1.34. The minimum Gasteiger partial charge on any atom is -0.506 e. The molecule has 0 aromatic heterocycles. The number of phenols is 3. The number of aryl methyl sites for hydroxylation is 1. The zero-order valence-electron chi connectivity index (χ0n) is 30.1. The van der Waals surface area contributed by atoms with Crippen LogP contribution in [0.2, 0.25) is 0 Å². The van der Waals surface area contributed by atoms with E-state index in [9.17, 15) is 49.9 Å². The normalized spacial score (nSPS) is 12.6. The molecule has 0 spiro atoms. The first kappa shape index (κ1) is 42.6. The lowest BCUT2D eigenvalue weighted by molar-refractivity contribution is -0.116. The zero-order valence-corrected chi connectivity index (χ0v) is 32.6. The first-order valence-corrected chi connectivity index (χ1v) is 21.8. The fourth-order valence-electron chi connectivity index (χ4n) is 5.72. The molecule has 0 bridgehead atoms. The molecule has 5 rings (SSSR count). The van der Waals surface area contributed by atoms with Crippen LogP contribution in [0, 0.1) is 0 Å². The van der Waals surface area contributed by atoms with Crippen molar-refractivity contribution in [3.8, 4) is 17.2 Å². The number of hydrogen-bond acceptors (Lipinski definition) is 15. The van der Waals surface area contributed by atoms with Crippen molar-refractivity contribution in [3.05, 3.63) is 78.4 Å². The van der Waals surface area contributed by atoms with Crippen molar-refractivity contribution in [1.82, 2.24) is 0 Å². The van der Waals surface area contributed by atoms with Crippen LogP contribution < -0.4 is 5.32 Å². The van der Waals surface area contributed by atoms with Crippen LogP contribution in [0.4, 0.5) is 28.4 Å². The average molecular weight is 844 g/mol. The van der Waals surface area contributed by atoms with Crippen LogP contribution in [0.1, 0.15) is 38.2 Å². The van der Waals surface area contributed by atoms with Gasteiger partial charge in [0.15, 0.2) is 11.5 Å². The number of fused-ring (bicyclic) bond motifs is 2. The van der Waals surface area contributed by atoms with Gasteiger partial charge in [-0.1, -0.05) is 25.1 Å². The summed E-state index contributed by atoms with van der Waals surface area (Å²) in [6.45, 7) is 1.48. The molecule has 0 aliphatic heterocycles. The largest absolute Gasteiger partial charge is 0.506 e. The van der Waals surface area contributed by atoms with Crippen LogP contribution in [0.15, 0.2) is 98.1 Å². The monoisotopic (exact) mass is 843 g/mol. The third-order valence-corrected chi connectivity index (χ3v) is 11.6. The Morgan fingerprint density at radius 1 is 0.719 bits per heavy atom. The second kappa shape index (κ2) is 17.7. The van der Waals surface area contributed by atoms with Gasteiger partial charge in [0.2, 0.25) is 5.91 Å². The Morgan fingerprint density at radius 2 is 1.39 bits per heavy atom. The average Bonchev–Trinajstić information content (AvgIpc) is 3.12. The summed E-state index contributed by atoms with van der Waals surface area (Å²) in [6.07, 6.45) is 0.819. The van der Waals surface area contributed by atoms with E-state index in [0.29, 0.717) is 34.9 Å². The number of hydrogen-bond donors (Lipinski definition) is 6. The number of amides is 1. The summed E-state index contributed by atoms with van der Waals surface area (Å²) in [4.78, 5) is 12.2. The van der Waals surface area contributed by atoms with Gasteiger partial charge in [0.05, 0.1) is 28.6 Å². The topological polar surface area (TPSA) is 291 Å². The summed E-state index contributed by atoms with van der Waals surface area (Å²) in [5.74, 6) is -1.79. The molecule has 0 saturated heterocycles. The molecule has 0 heterocycles. The van der Waals surface area contributed by atoms with E-state index in [4.69, 9.17) is 4.55 Å². The summed E-state index contributed by atoms with van der Waals surface area (Å²) >= 11 is 0. The fourth-order valence-corrected chi connectivity index (χ4v) is 8.00. The summed E-state index contributed by atoms with van der Waals surface area (Å²) in [5.41, 5.74) is 0.911. The number of nitrogens with one attached hydrogen (secondary N) is 1. The summed E-state index contributed by atoms with van der Waals surface area (Å²) in [6, 6.07) is 17.1. The maximum Gasteiger partial charge on any atom is 0.397 e. The first-order chi connectivity index (χ1) is 26.8. The van der Waals surface area contributed by atoms with E-state index in [1.807, 2.05) is 0 Å². The molecular formula is C36H37N5O13S3. The van der Waals surface area contributed by atoms with Crippen molar-refractivity contribution in [2.75, 3.05) is 23.4 Å². The van der Waals surface area contributed by atoms with E-state index in [1.54, 1.807) is 31.2 Å². The Morgan fingerprint density at radius 3 is 2.07 bits per heavy atom. The molecule has 1 amide bonds. The third-order valence-electron chi connectivity index (χ3n) is 8.36. The number of anilines is 1. The minimum absolute atomic E-state index is 0.00924. The van der Waals surface area contributed by atoms with Crippen molar-refractivity contribution in [3.63, 3.8) is 0 Å². The Bertz CT molecular complexity index is 2740. The highest BCUT2D eigenvalue weighted by Crippen LogP contribution is 2.42. The fraction of sp³-hybridized carbons (Fsp3) is 0.250. The van der Waals surface area contributed by atoms with E-state index in [1.165, 1.54) is 36.4 Å². The van der Waals surface area contributed by atoms with Gasteiger partial charge in [-0.05, 0) is 96.6 Å². The molecular weight excluding hydrogens is 807 g/mol. The molecule has 0 aliphatic rings. The SMILES string of the molecule is CCCS(=O)(=O)CCCC(=O)Nc1cc(S(=O)(=O)O)cc2ccc(N=Nc3ccc4c(O)c(N=Nc5ccc(CCCOS(=O)(=O)O)cc5O)ccc4c3)c(O)c12. The van der Waals surface area contributed by atoms with Crippen LogP contribution in [-0.4, -0.2) is 73.7 Å². The number of azo groups is 2. The van der Waals surface area contributed by atoms with Gasteiger partial charge in [-0.2, -0.15) is 21.9 Å². The number of carbonyl (C=O) groups excluding carboxylic acids is 1. The van der Waals surface area contributed by atoms with Gasteiger partial charge in [-0.3, -0.25) is 13.9 Å². The maximum atomic E-state index is 12.8. The second-order valence-corrected chi connectivity index (χ2v) is 17.5. The third kappa shape index (κ3) is 11.5. The molecule has 6 N–H and O–H groups in total. The molecule has 5 aromatic rings. The lowest BCUT2D eigenvalue weighted by Gasteiger charge is -2.13. The van der Waals surface area contributed by atoms with Gasteiger partial charge in [-0.15, -0.1) is 15.3 Å². The molecule has 18 nitrogen and oxygen atoms in total. The molecule has 0 saturated carbocycles. The quantitative estimate of drug-likeness (QED) is 0.0301. The highest BCUT2D eigenvalue weighted by molar-refractivity contribution is 7.91. The van der Waals surface area contributed by atoms with Gasteiger partial charge in [0, 0.05) is 22.9 Å². The zero-order chi connectivity index (χ0) is 41.5. The number of aromatic hydroxyl groups is 3. The first-order valence-electron chi connectivity index (χ1n) is 17.1. The molecule has 0 fully saturated rings. The summed E-state index contributed by atoms with van der Waals surface area (Å²) in [5, 5.41) is 52.5. The molecule has 57 heavy (non-hydrogen) atoms. The summed E-state index contributed by atoms with van der Waals surface area (Å²) < 4.78 is 92.0. The number of benzene rings is 5. The van der Waals surface area contributed by atoms with Gasteiger partial charge < -0.3 is 20.6 Å². The lowest BCUT2D eigenvalue weighted by Crippen LogP contribution is -2.16. The molecule has 0 radical (unpaired) electrons. The van der Waals surface area contributed by atoms with E-state index in [2.05, 4.69) is 30.0 Å². The highest BCUT2D eigenvalue weighted by atomic mass is 32.3. The van der Waals surface area contributed by atoms with E-state index in [0.717, 1.165) is 12.1 Å². The van der Waals surface area contributed by atoms with Gasteiger partial charge in [0.25, 0.3) is 10.1 Å². The van der Waals surface area contributed by atoms with Crippen molar-refractivity contribution >= 4 is 86.2 Å². The van der Waals surface area contributed by atoms with Crippen molar-refractivity contribution < 1.29 is 58.7 Å². The summed E-state index contributed by atoms with van der Waals surface area (Å²) in [7, 11) is -12.6. The molecule has 302 valence electrons.